The van der Waals surface area contributed by atoms with Crippen LogP contribution in [0.5, 0.6) is 0 Å². The van der Waals surface area contributed by atoms with Gasteiger partial charge in [-0.15, -0.1) is 11.3 Å². The molecule has 0 bridgehead atoms. The van der Waals surface area contributed by atoms with Gasteiger partial charge in [-0.3, -0.25) is 4.98 Å². The summed E-state index contributed by atoms with van der Waals surface area (Å²) < 4.78 is 5.37. The molecule has 5 rings (SSSR count). The molecule has 1 aromatic carbocycles. The Labute approximate surface area is 213 Å². The number of alkyl carbamates (subject to hydrolysis) is 1. The number of hydrogen-bond acceptors (Lipinski definition) is 7. The van der Waals surface area contributed by atoms with Crippen LogP contribution in [-0.4, -0.2) is 40.7 Å². The average molecular weight is 508 g/mol. The van der Waals surface area contributed by atoms with Crippen LogP contribution in [0.4, 0.5) is 10.6 Å². The van der Waals surface area contributed by atoms with Gasteiger partial charge in [0.25, 0.3) is 0 Å². The SMILES string of the molecule is O=C(NCCC1CCN(c2ccc3cc(Cl)ccc3n2)CC1)OCc1cnc(-c2ccncc2)s1. The summed E-state index contributed by atoms with van der Waals surface area (Å²) >= 11 is 7.59. The second kappa shape index (κ2) is 11.0. The molecule has 180 valence electrons. The Morgan fingerprint density at radius 1 is 1.14 bits per heavy atom. The first kappa shape index (κ1) is 23.5. The smallest absolute Gasteiger partial charge is 0.407 e. The second-order valence-electron chi connectivity index (χ2n) is 8.60. The molecule has 9 heteroatoms. The van der Waals surface area contributed by atoms with Gasteiger partial charge >= 0.3 is 6.09 Å². The summed E-state index contributed by atoms with van der Waals surface area (Å²) in [5.41, 5.74) is 1.97. The number of carbonyl (C=O) groups excluding carboxylic acids is 1. The van der Waals surface area contributed by atoms with Crippen molar-refractivity contribution in [1.82, 2.24) is 20.3 Å². The molecular weight excluding hydrogens is 482 g/mol. The van der Waals surface area contributed by atoms with E-state index in [2.05, 4.69) is 32.3 Å². The van der Waals surface area contributed by atoms with Gasteiger partial charge in [0, 0.05) is 54.2 Å². The molecule has 1 aliphatic heterocycles. The maximum absolute atomic E-state index is 12.1. The highest BCUT2D eigenvalue weighted by Gasteiger charge is 2.20. The fourth-order valence-corrected chi connectivity index (χ4v) is 5.29. The van der Waals surface area contributed by atoms with Gasteiger partial charge in [-0.1, -0.05) is 11.6 Å². The number of nitrogens with one attached hydrogen (secondary N) is 1. The van der Waals surface area contributed by atoms with E-state index < -0.39 is 0 Å². The summed E-state index contributed by atoms with van der Waals surface area (Å²) in [6, 6.07) is 13.8. The van der Waals surface area contributed by atoms with E-state index >= 15 is 0 Å². The van der Waals surface area contributed by atoms with Crippen molar-refractivity contribution in [3.8, 4) is 10.6 Å². The highest BCUT2D eigenvalue weighted by atomic mass is 35.5. The summed E-state index contributed by atoms with van der Waals surface area (Å²) in [6.07, 6.45) is 7.94. The van der Waals surface area contributed by atoms with Gasteiger partial charge in [-0.2, -0.15) is 0 Å². The van der Waals surface area contributed by atoms with Crippen LogP contribution in [0.2, 0.25) is 5.02 Å². The zero-order valence-corrected chi connectivity index (χ0v) is 20.8. The van der Waals surface area contributed by atoms with Crippen molar-refractivity contribution >= 4 is 45.8 Å². The highest BCUT2D eigenvalue weighted by Crippen LogP contribution is 2.27. The fraction of sp³-hybridized carbons (Fsp3) is 0.308. The summed E-state index contributed by atoms with van der Waals surface area (Å²) in [6.45, 7) is 2.76. The van der Waals surface area contributed by atoms with Gasteiger partial charge in [-0.05, 0) is 67.6 Å². The van der Waals surface area contributed by atoms with Gasteiger partial charge in [0.15, 0.2) is 0 Å². The minimum Gasteiger partial charge on any atom is -0.444 e. The number of anilines is 1. The van der Waals surface area contributed by atoms with Gasteiger partial charge < -0.3 is 15.0 Å². The van der Waals surface area contributed by atoms with E-state index in [4.69, 9.17) is 21.3 Å². The molecule has 0 atom stereocenters. The zero-order valence-electron chi connectivity index (χ0n) is 19.2. The molecule has 0 radical (unpaired) electrons. The number of aromatic nitrogens is 3. The van der Waals surface area contributed by atoms with Crippen LogP contribution in [0.1, 0.15) is 24.1 Å². The molecule has 0 saturated carbocycles. The monoisotopic (exact) mass is 507 g/mol. The number of thiazole rings is 1. The van der Waals surface area contributed by atoms with Crippen LogP contribution in [0.3, 0.4) is 0 Å². The Morgan fingerprint density at radius 2 is 1.97 bits per heavy atom. The molecule has 3 aromatic heterocycles. The third kappa shape index (κ3) is 6.07. The van der Waals surface area contributed by atoms with Crippen molar-refractivity contribution in [2.45, 2.75) is 25.9 Å². The van der Waals surface area contributed by atoms with Crippen LogP contribution in [0, 0.1) is 5.92 Å². The van der Waals surface area contributed by atoms with Gasteiger partial charge in [0.05, 0.1) is 10.4 Å². The van der Waals surface area contributed by atoms with E-state index in [1.165, 1.54) is 11.3 Å². The van der Waals surface area contributed by atoms with E-state index in [0.29, 0.717) is 12.5 Å². The van der Waals surface area contributed by atoms with Crippen molar-refractivity contribution in [1.29, 1.82) is 0 Å². The number of amides is 1. The summed E-state index contributed by atoms with van der Waals surface area (Å²) in [7, 11) is 0. The molecule has 4 heterocycles. The summed E-state index contributed by atoms with van der Waals surface area (Å²) in [4.78, 5) is 28.6. The first-order valence-corrected chi connectivity index (χ1v) is 12.9. The first-order chi connectivity index (χ1) is 17.1. The molecule has 1 fully saturated rings. The lowest BCUT2D eigenvalue weighted by atomic mass is 9.93. The number of carbonyl (C=O) groups is 1. The number of fused-ring (bicyclic) bond motifs is 1. The van der Waals surface area contributed by atoms with Gasteiger partial charge in [-0.25, -0.2) is 14.8 Å². The summed E-state index contributed by atoms with van der Waals surface area (Å²) in [5.74, 6) is 1.59. The number of rotatable bonds is 7. The molecule has 1 aliphatic rings. The quantitative estimate of drug-likeness (QED) is 0.333. The van der Waals surface area contributed by atoms with Crippen molar-refractivity contribution in [3.05, 3.63) is 71.0 Å². The van der Waals surface area contributed by atoms with E-state index in [0.717, 1.165) is 69.5 Å². The van der Waals surface area contributed by atoms with E-state index in [9.17, 15) is 4.79 Å². The maximum Gasteiger partial charge on any atom is 0.407 e. The maximum atomic E-state index is 12.1. The third-order valence-electron chi connectivity index (χ3n) is 6.22. The van der Waals surface area contributed by atoms with Crippen molar-refractivity contribution in [2.24, 2.45) is 5.92 Å². The zero-order chi connectivity index (χ0) is 24.0. The normalized spacial score (nSPS) is 14.3. The van der Waals surface area contributed by atoms with Crippen molar-refractivity contribution in [2.75, 3.05) is 24.5 Å². The predicted octanol–water partition coefficient (Wildman–Crippen LogP) is 5.94. The topological polar surface area (TPSA) is 80.2 Å². The number of pyridine rings is 2. The molecule has 0 aliphatic carbocycles. The number of piperidine rings is 1. The van der Waals surface area contributed by atoms with E-state index in [-0.39, 0.29) is 12.7 Å². The van der Waals surface area contributed by atoms with Crippen molar-refractivity contribution in [3.63, 3.8) is 0 Å². The Balaban J connectivity index is 1.02. The van der Waals surface area contributed by atoms with Crippen molar-refractivity contribution < 1.29 is 9.53 Å². The Kier molecular flexibility index (Phi) is 7.39. The fourth-order valence-electron chi connectivity index (χ4n) is 4.28. The number of nitrogens with zero attached hydrogens (tertiary/aromatic N) is 4. The lowest BCUT2D eigenvalue weighted by molar-refractivity contribution is 0.140. The van der Waals surface area contributed by atoms with E-state index in [1.807, 2.05) is 30.3 Å². The molecular formula is C26H26ClN5O2S. The lowest BCUT2D eigenvalue weighted by Crippen LogP contribution is -2.35. The molecule has 35 heavy (non-hydrogen) atoms. The number of benzene rings is 1. The Hall–Kier alpha value is -3.23. The minimum atomic E-state index is -0.387. The Bertz CT molecular complexity index is 1290. The van der Waals surface area contributed by atoms with Gasteiger partial charge in [0.1, 0.15) is 17.4 Å². The van der Waals surface area contributed by atoms with Crippen LogP contribution in [0.15, 0.2) is 61.1 Å². The Morgan fingerprint density at radius 3 is 2.80 bits per heavy atom. The molecule has 0 spiro atoms. The van der Waals surface area contributed by atoms with Crippen LogP contribution in [-0.2, 0) is 11.3 Å². The molecule has 4 aromatic rings. The first-order valence-electron chi connectivity index (χ1n) is 11.7. The highest BCUT2D eigenvalue weighted by molar-refractivity contribution is 7.15. The average Bonchev–Trinajstić information content (AvgIpc) is 3.37. The standard InChI is InChI=1S/C26H26ClN5O2S/c27-21-2-3-23-20(15-21)1-4-24(31-23)32-13-8-18(9-14-32)5-12-29-26(33)34-17-22-16-30-25(35-22)19-6-10-28-11-7-19/h1-4,6-7,10-11,15-16,18H,5,8-9,12-14,17H2,(H,29,33). The van der Waals surface area contributed by atoms with E-state index in [1.54, 1.807) is 18.6 Å². The molecule has 7 nitrogen and oxygen atoms in total. The largest absolute Gasteiger partial charge is 0.444 e. The number of halogens is 1. The number of ether oxygens (including phenoxy) is 1. The second-order valence-corrected chi connectivity index (χ2v) is 10.1. The molecule has 1 saturated heterocycles. The number of hydrogen-bond donors (Lipinski definition) is 1. The van der Waals surface area contributed by atoms with Crippen LogP contribution in [0.25, 0.3) is 21.5 Å². The molecule has 1 N–H and O–H groups in total. The lowest BCUT2D eigenvalue weighted by Gasteiger charge is -2.33. The van der Waals surface area contributed by atoms with Crippen LogP contribution < -0.4 is 10.2 Å². The molecule has 0 unspecified atom stereocenters. The minimum absolute atomic E-state index is 0.220. The van der Waals surface area contributed by atoms with Gasteiger partial charge in [0.2, 0.25) is 0 Å². The predicted molar refractivity (Wildman–Crippen MR) is 140 cm³/mol. The summed E-state index contributed by atoms with van der Waals surface area (Å²) in [5, 5.41) is 5.55. The van der Waals surface area contributed by atoms with Crippen LogP contribution >= 0.6 is 22.9 Å². The third-order valence-corrected chi connectivity index (χ3v) is 7.48. The molecule has 1 amide bonds.